The lowest BCUT2D eigenvalue weighted by Gasteiger charge is -2.34. The van der Waals surface area contributed by atoms with Gasteiger partial charge in [-0.2, -0.15) is 0 Å². The van der Waals surface area contributed by atoms with E-state index in [-0.39, 0.29) is 17.8 Å². The molecule has 2 N–H and O–H groups in total. The van der Waals surface area contributed by atoms with Crippen LogP contribution in [-0.2, 0) is 19.3 Å². The number of ether oxygens (including phenoxy) is 1. The standard InChI is InChI=1S/C25H35N5O4S/c1-5-35(32,33)25(10-11-25)21-14-22(30-12-13-34-16-18(30)4)29-23(28-21)19-6-8-20(9-7-19)27-24(31)26-15-17(2)3/h6-9,14,17-18H,5,10-13,15-16H2,1-4H3,(H2,26,27,31)/t18-/m0/s1. The highest BCUT2D eigenvalue weighted by Crippen LogP contribution is 2.53. The van der Waals surface area contributed by atoms with E-state index in [9.17, 15) is 13.2 Å². The Kier molecular flexibility index (Phi) is 7.32. The van der Waals surface area contributed by atoms with Crippen LogP contribution in [0.4, 0.5) is 16.3 Å². The third-order valence-electron chi connectivity index (χ3n) is 6.59. The highest BCUT2D eigenvalue weighted by atomic mass is 32.2. The zero-order valence-electron chi connectivity index (χ0n) is 20.9. The first-order valence-electron chi connectivity index (χ1n) is 12.3. The fourth-order valence-electron chi connectivity index (χ4n) is 4.30. The van der Waals surface area contributed by atoms with Crippen molar-refractivity contribution in [3.63, 3.8) is 0 Å². The summed E-state index contributed by atoms with van der Waals surface area (Å²) in [6, 6.07) is 9.00. The number of morpholine rings is 1. The van der Waals surface area contributed by atoms with E-state index < -0.39 is 14.6 Å². The summed E-state index contributed by atoms with van der Waals surface area (Å²) in [6.07, 6.45) is 1.15. The molecule has 1 aromatic heterocycles. The van der Waals surface area contributed by atoms with Crippen molar-refractivity contribution < 1.29 is 17.9 Å². The van der Waals surface area contributed by atoms with Crippen LogP contribution in [0.2, 0.25) is 0 Å². The molecule has 1 saturated heterocycles. The molecule has 0 radical (unpaired) electrons. The van der Waals surface area contributed by atoms with Crippen molar-refractivity contribution >= 4 is 27.4 Å². The van der Waals surface area contributed by atoms with Crippen LogP contribution < -0.4 is 15.5 Å². The first-order valence-corrected chi connectivity index (χ1v) is 13.9. The molecular weight excluding hydrogens is 466 g/mol. The van der Waals surface area contributed by atoms with Gasteiger partial charge in [-0.1, -0.05) is 20.8 Å². The molecule has 1 aliphatic carbocycles. The van der Waals surface area contributed by atoms with Gasteiger partial charge in [0.25, 0.3) is 0 Å². The molecular formula is C25H35N5O4S. The maximum Gasteiger partial charge on any atom is 0.319 e. The zero-order valence-corrected chi connectivity index (χ0v) is 21.7. The van der Waals surface area contributed by atoms with Gasteiger partial charge in [0.1, 0.15) is 10.6 Å². The van der Waals surface area contributed by atoms with Gasteiger partial charge in [-0.15, -0.1) is 0 Å². The molecule has 0 bridgehead atoms. The van der Waals surface area contributed by atoms with E-state index in [0.717, 1.165) is 5.56 Å². The van der Waals surface area contributed by atoms with Crippen LogP contribution in [-0.4, -0.2) is 62.5 Å². The minimum Gasteiger partial charge on any atom is -0.377 e. The summed E-state index contributed by atoms with van der Waals surface area (Å²) in [5.41, 5.74) is 1.97. The molecule has 2 heterocycles. The minimum absolute atomic E-state index is 0.0782. The van der Waals surface area contributed by atoms with E-state index in [4.69, 9.17) is 14.7 Å². The molecule has 0 unspecified atom stereocenters. The lowest BCUT2D eigenvalue weighted by atomic mass is 10.1. The summed E-state index contributed by atoms with van der Waals surface area (Å²) in [5, 5.41) is 5.65. The molecule has 4 rings (SSSR count). The molecule has 2 aromatic rings. The van der Waals surface area contributed by atoms with Gasteiger partial charge in [0.15, 0.2) is 15.7 Å². The second-order valence-electron chi connectivity index (χ2n) is 9.76. The zero-order chi connectivity index (χ0) is 25.2. The molecule has 2 fully saturated rings. The summed E-state index contributed by atoms with van der Waals surface area (Å²) < 4.78 is 30.6. The molecule has 0 spiro atoms. The predicted octanol–water partition coefficient (Wildman–Crippen LogP) is 3.57. The van der Waals surface area contributed by atoms with E-state index in [2.05, 4.69) is 22.5 Å². The van der Waals surface area contributed by atoms with Crippen LogP contribution in [0.1, 0.15) is 46.2 Å². The number of rotatable bonds is 8. The van der Waals surface area contributed by atoms with Crippen LogP contribution in [0, 0.1) is 5.92 Å². The average molecular weight is 502 g/mol. The Balaban J connectivity index is 1.66. The van der Waals surface area contributed by atoms with Crippen molar-refractivity contribution in [3.05, 3.63) is 36.0 Å². The third kappa shape index (κ3) is 5.43. The Hall–Kier alpha value is -2.72. The molecule has 9 nitrogen and oxygen atoms in total. The maximum atomic E-state index is 13.0. The van der Waals surface area contributed by atoms with Gasteiger partial charge in [0.2, 0.25) is 0 Å². The van der Waals surface area contributed by atoms with Gasteiger partial charge in [-0.3, -0.25) is 0 Å². The number of nitrogens with one attached hydrogen (secondary N) is 2. The van der Waals surface area contributed by atoms with E-state index in [1.165, 1.54) is 0 Å². The smallest absolute Gasteiger partial charge is 0.319 e. The summed E-state index contributed by atoms with van der Waals surface area (Å²) in [6.45, 7) is 10.3. The highest BCUT2D eigenvalue weighted by Gasteiger charge is 2.56. The molecule has 190 valence electrons. The van der Waals surface area contributed by atoms with Gasteiger partial charge >= 0.3 is 6.03 Å². The van der Waals surface area contributed by atoms with Gasteiger partial charge in [-0.25, -0.2) is 23.2 Å². The number of hydrogen-bond acceptors (Lipinski definition) is 7. The number of anilines is 2. The van der Waals surface area contributed by atoms with Crippen molar-refractivity contribution in [3.8, 4) is 11.4 Å². The summed E-state index contributed by atoms with van der Waals surface area (Å²) >= 11 is 0. The Labute approximate surface area is 207 Å². The Morgan fingerprint density at radius 3 is 2.54 bits per heavy atom. The van der Waals surface area contributed by atoms with Gasteiger partial charge in [-0.05, 0) is 49.9 Å². The molecule has 1 aromatic carbocycles. The SMILES string of the molecule is CCS(=O)(=O)C1(c2cc(N3CCOC[C@@H]3C)nc(-c3ccc(NC(=O)NCC(C)C)cc3)n2)CC1. The maximum absolute atomic E-state index is 13.0. The van der Waals surface area contributed by atoms with Crippen LogP contribution in [0.5, 0.6) is 0 Å². The fraction of sp³-hybridized carbons (Fsp3) is 0.560. The van der Waals surface area contributed by atoms with Crippen LogP contribution in [0.15, 0.2) is 30.3 Å². The average Bonchev–Trinajstić information content (AvgIpc) is 3.66. The molecule has 10 heteroatoms. The summed E-state index contributed by atoms with van der Waals surface area (Å²) in [4.78, 5) is 23.8. The highest BCUT2D eigenvalue weighted by molar-refractivity contribution is 7.92. The van der Waals surface area contributed by atoms with Crippen molar-refractivity contribution in [1.29, 1.82) is 0 Å². The summed E-state index contributed by atoms with van der Waals surface area (Å²) in [7, 11) is -3.32. The van der Waals surface area contributed by atoms with Crippen LogP contribution in [0.25, 0.3) is 11.4 Å². The van der Waals surface area contributed by atoms with Gasteiger partial charge in [0.05, 0.1) is 24.9 Å². The minimum atomic E-state index is -3.32. The summed E-state index contributed by atoms with van der Waals surface area (Å²) in [5.74, 6) is 1.63. The van der Waals surface area contributed by atoms with E-state index >= 15 is 0 Å². The second-order valence-corrected chi connectivity index (χ2v) is 12.3. The van der Waals surface area contributed by atoms with Crippen LogP contribution >= 0.6 is 0 Å². The number of urea groups is 1. The number of sulfone groups is 1. The van der Waals surface area contributed by atoms with Gasteiger partial charge < -0.3 is 20.3 Å². The largest absolute Gasteiger partial charge is 0.377 e. The first-order chi connectivity index (χ1) is 16.6. The van der Waals surface area contributed by atoms with E-state index in [1.807, 2.05) is 32.0 Å². The van der Waals surface area contributed by atoms with Crippen molar-refractivity contribution in [2.24, 2.45) is 5.92 Å². The number of benzene rings is 1. The number of carbonyl (C=O) groups excluding carboxylic acids is 1. The Morgan fingerprint density at radius 2 is 1.94 bits per heavy atom. The van der Waals surface area contributed by atoms with Gasteiger partial charge in [0, 0.05) is 36.2 Å². The number of amides is 2. The topological polar surface area (TPSA) is 114 Å². The number of nitrogens with zero attached hydrogens (tertiary/aromatic N) is 3. The third-order valence-corrected chi connectivity index (χ3v) is 9.16. The quantitative estimate of drug-likeness (QED) is 0.568. The predicted molar refractivity (Wildman–Crippen MR) is 137 cm³/mol. The number of hydrogen-bond donors (Lipinski definition) is 2. The van der Waals surface area contributed by atoms with E-state index in [0.29, 0.717) is 68.1 Å². The Morgan fingerprint density at radius 1 is 1.23 bits per heavy atom. The normalized spacial score (nSPS) is 19.5. The molecule has 2 amide bonds. The number of carbonyl (C=O) groups is 1. The molecule has 1 saturated carbocycles. The monoisotopic (exact) mass is 501 g/mol. The van der Waals surface area contributed by atoms with Crippen molar-refractivity contribution in [2.45, 2.75) is 51.3 Å². The number of aromatic nitrogens is 2. The lowest BCUT2D eigenvalue weighted by Crippen LogP contribution is -2.44. The second kappa shape index (κ2) is 10.1. The van der Waals surface area contributed by atoms with E-state index in [1.54, 1.807) is 19.1 Å². The van der Waals surface area contributed by atoms with Crippen LogP contribution in [0.3, 0.4) is 0 Å². The lowest BCUT2D eigenvalue weighted by molar-refractivity contribution is 0.0985. The molecule has 1 aliphatic heterocycles. The molecule has 35 heavy (non-hydrogen) atoms. The molecule has 2 aliphatic rings. The Bertz CT molecular complexity index is 1160. The fourth-order valence-corrected chi connectivity index (χ4v) is 6.00. The van der Waals surface area contributed by atoms with Crippen molar-refractivity contribution in [1.82, 2.24) is 15.3 Å². The van der Waals surface area contributed by atoms with Crippen molar-refractivity contribution in [2.75, 3.05) is 42.3 Å². The first kappa shape index (κ1) is 25.4. The molecule has 1 atom stereocenters.